The SMILES string of the molecule is Cc1nccc(C(C)(C)S)n1. The topological polar surface area (TPSA) is 25.8 Å². The van der Waals surface area contributed by atoms with E-state index in [4.69, 9.17) is 0 Å². The number of nitrogens with zero attached hydrogens (tertiary/aromatic N) is 2. The Kier molecular flexibility index (Phi) is 2.18. The van der Waals surface area contributed by atoms with Gasteiger partial charge < -0.3 is 0 Å². The second-order valence-corrected chi connectivity index (χ2v) is 4.17. The fourth-order valence-electron chi connectivity index (χ4n) is 0.797. The Morgan fingerprint density at radius 3 is 2.45 bits per heavy atom. The van der Waals surface area contributed by atoms with Gasteiger partial charge in [0, 0.05) is 10.9 Å². The van der Waals surface area contributed by atoms with Crippen LogP contribution in [0.3, 0.4) is 0 Å². The highest BCUT2D eigenvalue weighted by atomic mass is 32.1. The van der Waals surface area contributed by atoms with Crippen LogP contribution < -0.4 is 0 Å². The van der Waals surface area contributed by atoms with Crippen molar-refractivity contribution in [3.63, 3.8) is 0 Å². The lowest BCUT2D eigenvalue weighted by molar-refractivity contribution is 0.740. The fraction of sp³-hybridized carbons (Fsp3) is 0.500. The summed E-state index contributed by atoms with van der Waals surface area (Å²) < 4.78 is -0.173. The first-order chi connectivity index (χ1) is 5.00. The summed E-state index contributed by atoms with van der Waals surface area (Å²) in [5.41, 5.74) is 0.966. The van der Waals surface area contributed by atoms with Crippen molar-refractivity contribution in [3.8, 4) is 0 Å². The third kappa shape index (κ3) is 2.19. The standard InChI is InChI=1S/C8H12N2S/c1-6-9-5-4-7(10-6)8(2,3)11/h4-5,11H,1-3H3. The Balaban J connectivity index is 3.06. The molecule has 0 radical (unpaired) electrons. The van der Waals surface area contributed by atoms with E-state index in [0.29, 0.717) is 0 Å². The first kappa shape index (κ1) is 8.53. The summed E-state index contributed by atoms with van der Waals surface area (Å²) >= 11 is 4.40. The summed E-state index contributed by atoms with van der Waals surface area (Å²) in [6, 6.07) is 1.89. The average Bonchev–Trinajstić information content (AvgIpc) is 1.86. The van der Waals surface area contributed by atoms with Gasteiger partial charge in [-0.2, -0.15) is 12.6 Å². The summed E-state index contributed by atoms with van der Waals surface area (Å²) in [5.74, 6) is 0.796. The van der Waals surface area contributed by atoms with Crippen LogP contribution >= 0.6 is 12.6 Å². The minimum absolute atomic E-state index is 0.173. The lowest BCUT2D eigenvalue weighted by atomic mass is 10.1. The highest BCUT2D eigenvalue weighted by Gasteiger charge is 2.15. The third-order valence-corrected chi connectivity index (χ3v) is 1.63. The van der Waals surface area contributed by atoms with E-state index in [9.17, 15) is 0 Å². The summed E-state index contributed by atoms with van der Waals surface area (Å²) in [4.78, 5) is 8.27. The lowest BCUT2D eigenvalue weighted by Gasteiger charge is -2.15. The van der Waals surface area contributed by atoms with E-state index in [-0.39, 0.29) is 4.75 Å². The van der Waals surface area contributed by atoms with E-state index in [0.717, 1.165) is 11.5 Å². The lowest BCUT2D eigenvalue weighted by Crippen LogP contribution is -2.11. The maximum Gasteiger partial charge on any atom is 0.125 e. The first-order valence-corrected chi connectivity index (χ1v) is 3.97. The normalized spacial score (nSPS) is 11.6. The van der Waals surface area contributed by atoms with Crippen molar-refractivity contribution in [3.05, 3.63) is 23.8 Å². The van der Waals surface area contributed by atoms with Gasteiger partial charge in [-0.15, -0.1) is 0 Å². The van der Waals surface area contributed by atoms with Crippen LogP contribution in [0.15, 0.2) is 12.3 Å². The minimum Gasteiger partial charge on any atom is -0.242 e. The quantitative estimate of drug-likeness (QED) is 0.648. The van der Waals surface area contributed by atoms with Gasteiger partial charge in [-0.25, -0.2) is 9.97 Å². The van der Waals surface area contributed by atoms with Crippen LogP contribution in [0.1, 0.15) is 25.4 Å². The van der Waals surface area contributed by atoms with Crippen molar-refractivity contribution >= 4 is 12.6 Å². The van der Waals surface area contributed by atoms with E-state index < -0.39 is 0 Å². The molecule has 0 atom stereocenters. The molecule has 3 heteroatoms. The number of rotatable bonds is 1. The second kappa shape index (κ2) is 2.81. The van der Waals surface area contributed by atoms with Crippen molar-refractivity contribution in [2.24, 2.45) is 0 Å². The highest BCUT2D eigenvalue weighted by Crippen LogP contribution is 2.24. The molecule has 0 spiro atoms. The predicted molar refractivity (Wildman–Crippen MR) is 48.8 cm³/mol. The molecule has 0 saturated carbocycles. The smallest absolute Gasteiger partial charge is 0.125 e. The zero-order valence-electron chi connectivity index (χ0n) is 7.00. The average molecular weight is 168 g/mol. The number of aryl methyl sites for hydroxylation is 1. The molecule has 0 bridgehead atoms. The van der Waals surface area contributed by atoms with Gasteiger partial charge >= 0.3 is 0 Å². The monoisotopic (exact) mass is 168 g/mol. The van der Waals surface area contributed by atoms with Gasteiger partial charge in [0.15, 0.2) is 0 Å². The van der Waals surface area contributed by atoms with E-state index in [1.54, 1.807) is 6.20 Å². The maximum atomic E-state index is 4.40. The fourth-order valence-corrected chi connectivity index (χ4v) is 0.921. The molecule has 1 heterocycles. The van der Waals surface area contributed by atoms with Gasteiger partial charge in [0.2, 0.25) is 0 Å². The predicted octanol–water partition coefficient (Wildman–Crippen LogP) is 1.95. The van der Waals surface area contributed by atoms with Crippen molar-refractivity contribution < 1.29 is 0 Å². The van der Waals surface area contributed by atoms with Crippen molar-refractivity contribution in [2.45, 2.75) is 25.5 Å². The summed E-state index contributed by atoms with van der Waals surface area (Å²) in [7, 11) is 0. The second-order valence-electron chi connectivity index (χ2n) is 3.05. The summed E-state index contributed by atoms with van der Waals surface area (Å²) in [6.45, 7) is 5.90. The Bertz CT molecular complexity index is 253. The number of thiol groups is 1. The molecule has 0 aliphatic heterocycles. The molecule has 0 amide bonds. The zero-order valence-corrected chi connectivity index (χ0v) is 7.89. The molecule has 2 nitrogen and oxygen atoms in total. The summed E-state index contributed by atoms with van der Waals surface area (Å²) in [5, 5.41) is 0. The molecule has 0 fully saturated rings. The van der Waals surface area contributed by atoms with Gasteiger partial charge in [0.1, 0.15) is 5.82 Å². The molecule has 11 heavy (non-hydrogen) atoms. The van der Waals surface area contributed by atoms with Crippen LogP contribution in [0.25, 0.3) is 0 Å². The van der Waals surface area contributed by atoms with E-state index >= 15 is 0 Å². The Morgan fingerprint density at radius 2 is 2.09 bits per heavy atom. The summed E-state index contributed by atoms with van der Waals surface area (Å²) in [6.07, 6.45) is 1.76. The Hall–Kier alpha value is -0.570. The van der Waals surface area contributed by atoms with Gasteiger partial charge in [-0.3, -0.25) is 0 Å². The molecule has 0 saturated heterocycles. The number of aromatic nitrogens is 2. The molecule has 0 aliphatic rings. The van der Waals surface area contributed by atoms with Crippen molar-refractivity contribution in [1.82, 2.24) is 9.97 Å². The van der Waals surface area contributed by atoms with Crippen LogP contribution in [0, 0.1) is 6.92 Å². The molecule has 1 aromatic rings. The van der Waals surface area contributed by atoms with Crippen LogP contribution in [0.5, 0.6) is 0 Å². The molecule has 1 aromatic heterocycles. The highest BCUT2D eigenvalue weighted by molar-refractivity contribution is 7.81. The van der Waals surface area contributed by atoms with Crippen LogP contribution in [0.4, 0.5) is 0 Å². The Morgan fingerprint density at radius 1 is 1.45 bits per heavy atom. The van der Waals surface area contributed by atoms with Crippen LogP contribution in [0.2, 0.25) is 0 Å². The molecule has 1 rings (SSSR count). The van der Waals surface area contributed by atoms with Crippen molar-refractivity contribution in [2.75, 3.05) is 0 Å². The molecule has 0 aliphatic carbocycles. The van der Waals surface area contributed by atoms with E-state index in [1.165, 1.54) is 0 Å². The van der Waals surface area contributed by atoms with Gasteiger partial charge in [0.05, 0.1) is 5.69 Å². The van der Waals surface area contributed by atoms with E-state index in [2.05, 4.69) is 22.6 Å². The van der Waals surface area contributed by atoms with Crippen LogP contribution in [-0.2, 0) is 4.75 Å². The molecule has 0 N–H and O–H groups in total. The minimum atomic E-state index is -0.173. The Labute approximate surface area is 72.5 Å². The molecular formula is C8H12N2S. The number of hydrogen-bond acceptors (Lipinski definition) is 3. The first-order valence-electron chi connectivity index (χ1n) is 3.52. The van der Waals surface area contributed by atoms with Crippen molar-refractivity contribution in [1.29, 1.82) is 0 Å². The maximum absolute atomic E-state index is 4.40. The zero-order chi connectivity index (χ0) is 8.48. The van der Waals surface area contributed by atoms with E-state index in [1.807, 2.05) is 26.8 Å². The molecule has 60 valence electrons. The van der Waals surface area contributed by atoms with Gasteiger partial charge in [-0.05, 0) is 26.8 Å². The van der Waals surface area contributed by atoms with Crippen LogP contribution in [-0.4, -0.2) is 9.97 Å². The molecule has 0 unspecified atom stereocenters. The third-order valence-electron chi connectivity index (χ3n) is 1.40. The number of hydrogen-bond donors (Lipinski definition) is 1. The van der Waals surface area contributed by atoms with Gasteiger partial charge in [0.25, 0.3) is 0 Å². The van der Waals surface area contributed by atoms with Gasteiger partial charge in [-0.1, -0.05) is 0 Å². The molecule has 0 aromatic carbocycles. The molecular weight excluding hydrogens is 156 g/mol. The largest absolute Gasteiger partial charge is 0.242 e.